The van der Waals surface area contributed by atoms with E-state index < -0.39 is 5.91 Å². The lowest BCUT2D eigenvalue weighted by molar-refractivity contribution is -0.115. The third kappa shape index (κ3) is 3.19. The first-order chi connectivity index (χ1) is 9.08. The lowest BCUT2D eigenvalue weighted by Gasteiger charge is -2.06. The third-order valence-electron chi connectivity index (χ3n) is 2.27. The van der Waals surface area contributed by atoms with Crippen LogP contribution in [-0.2, 0) is 4.79 Å². The fraction of sp³-hybridized carbons (Fsp3) is 0.0833. The number of thioether (sulfide) groups is 1. The summed E-state index contributed by atoms with van der Waals surface area (Å²) in [5.41, 5.74) is 5.17. The van der Waals surface area contributed by atoms with E-state index >= 15 is 0 Å². The van der Waals surface area contributed by atoms with E-state index in [-0.39, 0.29) is 22.2 Å². The molecule has 0 bridgehead atoms. The maximum Gasteiger partial charge on any atom is 0.287 e. The zero-order valence-corrected chi connectivity index (χ0v) is 10.6. The van der Waals surface area contributed by atoms with Gasteiger partial charge >= 0.3 is 0 Å². The van der Waals surface area contributed by atoms with Crippen LogP contribution in [0, 0.1) is 5.82 Å². The predicted octanol–water partition coefficient (Wildman–Crippen LogP) is 0.949. The highest BCUT2D eigenvalue weighted by atomic mass is 32.2. The predicted molar refractivity (Wildman–Crippen MR) is 69.7 cm³/mol. The summed E-state index contributed by atoms with van der Waals surface area (Å²) in [6.45, 7) is 0. The van der Waals surface area contributed by atoms with E-state index in [1.165, 1.54) is 41.2 Å². The maximum atomic E-state index is 12.8. The summed E-state index contributed by atoms with van der Waals surface area (Å²) in [5, 5.41) is 0.172. The number of nitrogens with zero attached hydrogens (tertiary/aromatic N) is 2. The molecule has 19 heavy (non-hydrogen) atoms. The van der Waals surface area contributed by atoms with E-state index in [1.54, 1.807) is 0 Å². The van der Waals surface area contributed by atoms with Crippen molar-refractivity contribution in [2.75, 3.05) is 5.75 Å². The van der Waals surface area contributed by atoms with E-state index in [0.717, 1.165) is 11.8 Å². The zero-order valence-electron chi connectivity index (χ0n) is 9.75. The van der Waals surface area contributed by atoms with Crippen molar-refractivity contribution in [2.45, 2.75) is 5.03 Å². The molecule has 2 N–H and O–H groups in total. The number of amides is 1. The second kappa shape index (κ2) is 5.66. The number of hydrogen-bond donors (Lipinski definition) is 1. The largest absolute Gasteiger partial charge is 0.369 e. The van der Waals surface area contributed by atoms with Crippen LogP contribution < -0.4 is 11.3 Å². The van der Waals surface area contributed by atoms with Crippen molar-refractivity contribution in [3.63, 3.8) is 0 Å². The van der Waals surface area contributed by atoms with E-state index in [1.807, 2.05) is 0 Å². The Hall–Kier alpha value is -2.15. The Morgan fingerprint density at radius 1 is 1.37 bits per heavy atom. The molecule has 2 aromatic rings. The van der Waals surface area contributed by atoms with Crippen LogP contribution in [0.4, 0.5) is 4.39 Å². The minimum Gasteiger partial charge on any atom is -0.369 e. The van der Waals surface area contributed by atoms with Gasteiger partial charge in [0.15, 0.2) is 5.03 Å². The van der Waals surface area contributed by atoms with Gasteiger partial charge in [0.2, 0.25) is 5.91 Å². The molecule has 5 nitrogen and oxygen atoms in total. The molecule has 0 aliphatic carbocycles. The molecule has 1 aromatic heterocycles. The SMILES string of the molecule is NC(=O)CSc1nccn(-c2ccc(F)cc2)c1=O. The highest BCUT2D eigenvalue weighted by Gasteiger charge is 2.08. The maximum absolute atomic E-state index is 12.8. The quantitative estimate of drug-likeness (QED) is 0.845. The monoisotopic (exact) mass is 279 g/mol. The Kier molecular flexibility index (Phi) is 3.96. The van der Waals surface area contributed by atoms with Crippen molar-refractivity contribution in [3.8, 4) is 5.69 Å². The summed E-state index contributed by atoms with van der Waals surface area (Å²) >= 11 is 0.974. The average Bonchev–Trinajstić information content (AvgIpc) is 2.39. The van der Waals surface area contributed by atoms with Gasteiger partial charge in [0.05, 0.1) is 5.75 Å². The highest BCUT2D eigenvalue weighted by molar-refractivity contribution is 7.99. The van der Waals surface area contributed by atoms with Gasteiger partial charge in [0, 0.05) is 18.1 Å². The first-order valence-electron chi connectivity index (χ1n) is 5.32. The van der Waals surface area contributed by atoms with Crippen molar-refractivity contribution in [1.29, 1.82) is 0 Å². The summed E-state index contributed by atoms with van der Waals surface area (Å²) in [7, 11) is 0. The topological polar surface area (TPSA) is 78.0 Å². The number of primary amides is 1. The minimum absolute atomic E-state index is 0.0182. The molecule has 98 valence electrons. The third-order valence-corrected chi connectivity index (χ3v) is 3.25. The van der Waals surface area contributed by atoms with Gasteiger partial charge in [-0.05, 0) is 24.3 Å². The van der Waals surface area contributed by atoms with Crippen LogP contribution >= 0.6 is 11.8 Å². The van der Waals surface area contributed by atoms with Crippen molar-refractivity contribution < 1.29 is 9.18 Å². The molecular weight excluding hydrogens is 269 g/mol. The van der Waals surface area contributed by atoms with Crippen molar-refractivity contribution in [2.24, 2.45) is 5.73 Å². The Morgan fingerprint density at radius 2 is 2.05 bits per heavy atom. The molecule has 0 saturated heterocycles. The molecule has 0 aliphatic heterocycles. The number of rotatable bonds is 4. The molecule has 1 heterocycles. The van der Waals surface area contributed by atoms with Crippen LogP contribution in [0.1, 0.15) is 0 Å². The number of carbonyl (C=O) groups excluding carboxylic acids is 1. The van der Waals surface area contributed by atoms with Gasteiger partial charge in [0.1, 0.15) is 5.82 Å². The van der Waals surface area contributed by atoms with Crippen LogP contribution in [0.3, 0.4) is 0 Å². The lowest BCUT2D eigenvalue weighted by atomic mass is 10.3. The van der Waals surface area contributed by atoms with Gasteiger partial charge in [-0.15, -0.1) is 0 Å². The number of nitrogens with two attached hydrogens (primary N) is 1. The molecule has 1 amide bonds. The van der Waals surface area contributed by atoms with Crippen molar-refractivity contribution in [1.82, 2.24) is 9.55 Å². The summed E-state index contributed by atoms with van der Waals surface area (Å²) in [4.78, 5) is 26.7. The molecule has 0 saturated carbocycles. The Bertz CT molecular complexity index is 655. The van der Waals surface area contributed by atoms with Gasteiger partial charge in [-0.2, -0.15) is 0 Å². The molecule has 1 aromatic carbocycles. The zero-order chi connectivity index (χ0) is 13.8. The molecule has 0 atom stereocenters. The first kappa shape index (κ1) is 13.3. The van der Waals surface area contributed by atoms with Gasteiger partial charge in [-0.3, -0.25) is 14.2 Å². The number of halogens is 1. The summed E-state index contributed by atoms with van der Waals surface area (Å²) in [6, 6.07) is 5.50. The molecule has 2 rings (SSSR count). The van der Waals surface area contributed by atoms with Gasteiger partial charge in [0.25, 0.3) is 5.56 Å². The summed E-state index contributed by atoms with van der Waals surface area (Å²) < 4.78 is 14.2. The number of hydrogen-bond acceptors (Lipinski definition) is 4. The first-order valence-corrected chi connectivity index (χ1v) is 6.31. The van der Waals surface area contributed by atoms with Gasteiger partial charge in [-0.25, -0.2) is 9.37 Å². The lowest BCUT2D eigenvalue weighted by Crippen LogP contribution is -2.22. The second-order valence-electron chi connectivity index (χ2n) is 3.64. The summed E-state index contributed by atoms with van der Waals surface area (Å²) in [5.74, 6) is -0.923. The smallest absolute Gasteiger partial charge is 0.287 e. The number of aromatic nitrogens is 2. The Morgan fingerprint density at radius 3 is 2.68 bits per heavy atom. The van der Waals surface area contributed by atoms with E-state index in [4.69, 9.17) is 5.73 Å². The van der Waals surface area contributed by atoms with E-state index in [9.17, 15) is 14.0 Å². The molecule has 0 unspecified atom stereocenters. The van der Waals surface area contributed by atoms with Crippen molar-refractivity contribution in [3.05, 3.63) is 52.8 Å². The molecule has 0 spiro atoms. The molecule has 0 fully saturated rings. The average molecular weight is 279 g/mol. The van der Waals surface area contributed by atoms with E-state index in [0.29, 0.717) is 5.69 Å². The molecule has 0 radical (unpaired) electrons. The van der Waals surface area contributed by atoms with Crippen LogP contribution in [0.15, 0.2) is 46.5 Å². The molecule has 0 aliphatic rings. The van der Waals surface area contributed by atoms with Crippen molar-refractivity contribution >= 4 is 17.7 Å². The van der Waals surface area contributed by atoms with Gasteiger partial charge in [-0.1, -0.05) is 11.8 Å². The minimum atomic E-state index is -0.525. The summed E-state index contributed by atoms with van der Waals surface area (Å²) in [6.07, 6.45) is 2.91. The van der Waals surface area contributed by atoms with Crippen LogP contribution in [0.25, 0.3) is 5.69 Å². The highest BCUT2D eigenvalue weighted by Crippen LogP contribution is 2.11. The fourth-order valence-electron chi connectivity index (χ4n) is 1.44. The molecule has 7 heteroatoms. The van der Waals surface area contributed by atoms with E-state index in [2.05, 4.69) is 4.98 Å². The number of carbonyl (C=O) groups is 1. The second-order valence-corrected chi connectivity index (χ2v) is 4.60. The normalized spacial score (nSPS) is 10.4. The Labute approximate surface area is 112 Å². The Balaban J connectivity index is 2.37. The van der Waals surface area contributed by atoms with Crippen LogP contribution in [0.2, 0.25) is 0 Å². The molecular formula is C12H10FN3O2S. The number of benzene rings is 1. The van der Waals surface area contributed by atoms with Crippen LogP contribution in [0.5, 0.6) is 0 Å². The standard InChI is InChI=1S/C12H10FN3O2S/c13-8-1-3-9(4-2-8)16-6-5-15-11(12(16)18)19-7-10(14)17/h1-6H,7H2,(H2,14,17). The van der Waals surface area contributed by atoms with Crippen LogP contribution in [-0.4, -0.2) is 21.2 Å². The van der Waals surface area contributed by atoms with Gasteiger partial charge < -0.3 is 5.73 Å². The fourth-order valence-corrected chi connectivity index (χ4v) is 2.07.